The van der Waals surface area contributed by atoms with Crippen LogP contribution in [-0.4, -0.2) is 29.6 Å². The average molecular weight is 299 g/mol. The summed E-state index contributed by atoms with van der Waals surface area (Å²) in [6.07, 6.45) is 1.55. The van der Waals surface area contributed by atoms with Gasteiger partial charge in [0.25, 0.3) is 5.91 Å². The van der Waals surface area contributed by atoms with Crippen molar-refractivity contribution in [3.63, 3.8) is 0 Å². The molecule has 1 aromatic carbocycles. The Morgan fingerprint density at radius 1 is 1.27 bits per heavy atom. The van der Waals surface area contributed by atoms with Gasteiger partial charge in [-0.2, -0.15) is 0 Å². The molecule has 0 aliphatic carbocycles. The molecule has 2 aromatic rings. The molecule has 1 aliphatic rings. The van der Waals surface area contributed by atoms with Gasteiger partial charge in [0.2, 0.25) is 5.91 Å². The Kier molecular flexibility index (Phi) is 3.46. The first-order valence-corrected chi connectivity index (χ1v) is 6.94. The molecule has 6 heteroatoms. The minimum atomic E-state index is -0.556. The van der Waals surface area contributed by atoms with Gasteiger partial charge in [-0.15, -0.1) is 0 Å². The van der Waals surface area contributed by atoms with Crippen LogP contribution >= 0.6 is 0 Å². The van der Waals surface area contributed by atoms with Crippen molar-refractivity contribution in [1.82, 2.24) is 9.88 Å². The average Bonchev–Trinajstić information content (AvgIpc) is 2.86. The molecule has 0 saturated carbocycles. The van der Waals surface area contributed by atoms with E-state index in [1.807, 2.05) is 30.3 Å². The Hall–Kier alpha value is -2.60. The summed E-state index contributed by atoms with van der Waals surface area (Å²) in [6.45, 7) is 0.853. The van der Waals surface area contributed by atoms with E-state index in [0.29, 0.717) is 24.5 Å². The highest BCUT2D eigenvalue weighted by atomic mass is 16.5. The van der Waals surface area contributed by atoms with Crippen molar-refractivity contribution in [3.05, 3.63) is 59.4 Å². The van der Waals surface area contributed by atoms with Crippen molar-refractivity contribution in [2.45, 2.75) is 5.54 Å². The van der Waals surface area contributed by atoms with E-state index in [-0.39, 0.29) is 5.91 Å². The summed E-state index contributed by atoms with van der Waals surface area (Å²) in [5.74, 6) is -0.818. The fourth-order valence-electron chi connectivity index (χ4n) is 2.58. The number of amides is 2. The van der Waals surface area contributed by atoms with E-state index in [0.717, 1.165) is 5.56 Å². The zero-order valence-corrected chi connectivity index (χ0v) is 12.2. The van der Waals surface area contributed by atoms with Crippen LogP contribution in [0, 0.1) is 0 Å². The number of hydrogen-bond acceptors (Lipinski definition) is 3. The Morgan fingerprint density at radius 3 is 2.45 bits per heavy atom. The van der Waals surface area contributed by atoms with Crippen LogP contribution in [0.3, 0.4) is 0 Å². The number of ether oxygens (including phenoxy) is 1. The van der Waals surface area contributed by atoms with E-state index < -0.39 is 11.4 Å². The lowest BCUT2D eigenvalue weighted by molar-refractivity contribution is -0.0734. The third kappa shape index (κ3) is 2.37. The van der Waals surface area contributed by atoms with Gasteiger partial charge in [0.1, 0.15) is 11.2 Å². The van der Waals surface area contributed by atoms with Gasteiger partial charge < -0.3 is 20.4 Å². The van der Waals surface area contributed by atoms with Crippen molar-refractivity contribution >= 4 is 11.8 Å². The van der Waals surface area contributed by atoms with E-state index in [1.54, 1.807) is 17.8 Å². The predicted octanol–water partition coefficient (Wildman–Crippen LogP) is 0.779. The lowest BCUT2D eigenvalue weighted by Gasteiger charge is -2.42. The highest BCUT2D eigenvalue weighted by molar-refractivity contribution is 5.99. The fraction of sp³-hybridized carbons (Fsp3) is 0.250. The molecular formula is C16H17N3O3. The lowest BCUT2D eigenvalue weighted by Crippen LogP contribution is -2.59. The smallest absolute Gasteiger partial charge is 0.268 e. The third-order valence-electron chi connectivity index (χ3n) is 3.90. The molecule has 0 atom stereocenters. The number of rotatable bonds is 4. The SMILES string of the molecule is Cn1cc(C(N)=O)cc1C(=O)NC1(c2ccccc2)COC1. The summed E-state index contributed by atoms with van der Waals surface area (Å²) >= 11 is 0. The predicted molar refractivity (Wildman–Crippen MR) is 80.3 cm³/mol. The normalized spacial score (nSPS) is 15.9. The molecule has 22 heavy (non-hydrogen) atoms. The summed E-state index contributed by atoms with van der Waals surface area (Å²) in [6, 6.07) is 11.2. The summed E-state index contributed by atoms with van der Waals surface area (Å²) in [7, 11) is 1.70. The maximum Gasteiger partial charge on any atom is 0.268 e. The van der Waals surface area contributed by atoms with Crippen LogP contribution in [0.15, 0.2) is 42.6 Å². The number of carbonyl (C=O) groups excluding carboxylic acids is 2. The second-order valence-corrected chi connectivity index (χ2v) is 5.48. The monoisotopic (exact) mass is 299 g/mol. The number of nitrogens with zero attached hydrogens (tertiary/aromatic N) is 1. The van der Waals surface area contributed by atoms with Gasteiger partial charge in [0.05, 0.1) is 18.8 Å². The molecule has 1 aromatic heterocycles. The molecule has 2 heterocycles. The summed E-state index contributed by atoms with van der Waals surface area (Å²) in [5.41, 5.74) is 6.43. The van der Waals surface area contributed by atoms with E-state index >= 15 is 0 Å². The number of primary amides is 1. The third-order valence-corrected chi connectivity index (χ3v) is 3.90. The van der Waals surface area contributed by atoms with Crippen molar-refractivity contribution < 1.29 is 14.3 Å². The minimum absolute atomic E-state index is 0.262. The molecule has 6 nitrogen and oxygen atoms in total. The summed E-state index contributed by atoms with van der Waals surface area (Å²) in [4.78, 5) is 23.8. The van der Waals surface area contributed by atoms with Crippen LogP contribution in [0.2, 0.25) is 0 Å². The molecule has 0 unspecified atom stereocenters. The van der Waals surface area contributed by atoms with Crippen molar-refractivity contribution in [2.75, 3.05) is 13.2 Å². The second kappa shape index (κ2) is 5.31. The van der Waals surface area contributed by atoms with Crippen molar-refractivity contribution in [1.29, 1.82) is 0 Å². The fourth-order valence-corrected chi connectivity index (χ4v) is 2.58. The highest BCUT2D eigenvalue weighted by Crippen LogP contribution is 2.29. The molecular weight excluding hydrogens is 282 g/mol. The Bertz CT molecular complexity index is 717. The van der Waals surface area contributed by atoms with Gasteiger partial charge in [0, 0.05) is 13.2 Å². The molecule has 0 bridgehead atoms. The number of aryl methyl sites for hydroxylation is 1. The van der Waals surface area contributed by atoms with Crippen LogP contribution in [-0.2, 0) is 17.3 Å². The molecule has 0 spiro atoms. The largest absolute Gasteiger partial charge is 0.376 e. The van der Waals surface area contributed by atoms with Crippen LogP contribution in [0.5, 0.6) is 0 Å². The molecule has 0 radical (unpaired) electrons. The van der Waals surface area contributed by atoms with E-state index in [2.05, 4.69) is 5.32 Å². The molecule has 1 aliphatic heterocycles. The first kappa shape index (κ1) is 14.3. The van der Waals surface area contributed by atoms with Gasteiger partial charge in [-0.05, 0) is 11.6 Å². The maximum atomic E-state index is 12.5. The van der Waals surface area contributed by atoms with Crippen LogP contribution in [0.4, 0.5) is 0 Å². The van der Waals surface area contributed by atoms with Gasteiger partial charge in [0.15, 0.2) is 0 Å². The van der Waals surface area contributed by atoms with Gasteiger partial charge in [-0.3, -0.25) is 9.59 Å². The number of carbonyl (C=O) groups is 2. The van der Waals surface area contributed by atoms with Gasteiger partial charge >= 0.3 is 0 Å². The highest BCUT2D eigenvalue weighted by Gasteiger charge is 2.42. The summed E-state index contributed by atoms with van der Waals surface area (Å²) in [5, 5.41) is 3.02. The van der Waals surface area contributed by atoms with Crippen LogP contribution < -0.4 is 11.1 Å². The maximum absolute atomic E-state index is 12.5. The number of hydrogen-bond donors (Lipinski definition) is 2. The van der Waals surface area contributed by atoms with Crippen molar-refractivity contribution in [3.8, 4) is 0 Å². The minimum Gasteiger partial charge on any atom is -0.376 e. The van der Waals surface area contributed by atoms with Gasteiger partial charge in [-0.1, -0.05) is 30.3 Å². The second-order valence-electron chi connectivity index (χ2n) is 5.48. The molecule has 114 valence electrons. The van der Waals surface area contributed by atoms with Crippen LogP contribution in [0.25, 0.3) is 0 Å². The first-order valence-electron chi connectivity index (χ1n) is 6.94. The lowest BCUT2D eigenvalue weighted by atomic mass is 9.88. The van der Waals surface area contributed by atoms with E-state index in [9.17, 15) is 9.59 Å². The number of nitrogens with two attached hydrogens (primary N) is 1. The zero-order valence-electron chi connectivity index (χ0n) is 12.2. The topological polar surface area (TPSA) is 86.4 Å². The zero-order chi connectivity index (χ0) is 15.7. The molecule has 2 amide bonds. The number of aromatic nitrogens is 1. The Balaban J connectivity index is 1.86. The summed E-state index contributed by atoms with van der Waals surface area (Å²) < 4.78 is 6.90. The number of nitrogens with one attached hydrogen (secondary N) is 1. The first-order chi connectivity index (χ1) is 10.5. The van der Waals surface area contributed by atoms with Gasteiger partial charge in [-0.25, -0.2) is 0 Å². The molecule has 1 saturated heterocycles. The quantitative estimate of drug-likeness (QED) is 0.874. The molecule has 1 fully saturated rings. The van der Waals surface area contributed by atoms with E-state index in [4.69, 9.17) is 10.5 Å². The van der Waals surface area contributed by atoms with E-state index in [1.165, 1.54) is 6.07 Å². The standard InChI is InChI=1S/C16H17N3O3/c1-19-8-11(14(17)20)7-13(19)15(21)18-16(9-22-10-16)12-5-3-2-4-6-12/h2-8H,9-10H2,1H3,(H2,17,20)(H,18,21). The molecule has 3 rings (SSSR count). The molecule has 3 N–H and O–H groups in total. The van der Waals surface area contributed by atoms with Crippen molar-refractivity contribution in [2.24, 2.45) is 12.8 Å². The number of benzene rings is 1. The Labute approximate surface area is 127 Å². The van der Waals surface area contributed by atoms with Crippen LogP contribution in [0.1, 0.15) is 26.4 Å². The Morgan fingerprint density at radius 2 is 1.95 bits per heavy atom.